The molecule has 1 aliphatic heterocycles. The lowest BCUT2D eigenvalue weighted by Crippen LogP contribution is -2.38. The maximum absolute atomic E-state index is 13.0. The lowest BCUT2D eigenvalue weighted by Gasteiger charge is -2.33. The highest BCUT2D eigenvalue weighted by molar-refractivity contribution is 5.98. The zero-order chi connectivity index (χ0) is 16.2. The third-order valence-corrected chi connectivity index (χ3v) is 4.15. The van der Waals surface area contributed by atoms with Gasteiger partial charge in [-0.1, -0.05) is 0 Å². The fourth-order valence-electron chi connectivity index (χ4n) is 2.91. The van der Waals surface area contributed by atoms with Crippen LogP contribution in [0.25, 0.3) is 0 Å². The van der Waals surface area contributed by atoms with Gasteiger partial charge in [0.15, 0.2) is 5.78 Å². The van der Waals surface area contributed by atoms with Crippen LogP contribution in [0.15, 0.2) is 42.6 Å². The number of hydrogen-bond acceptors (Lipinski definition) is 4. The van der Waals surface area contributed by atoms with E-state index in [0.717, 1.165) is 25.1 Å². The lowest BCUT2D eigenvalue weighted by atomic mass is 9.90. The van der Waals surface area contributed by atoms with E-state index in [1.54, 1.807) is 24.4 Å². The minimum absolute atomic E-state index is 0.0521. The van der Waals surface area contributed by atoms with E-state index in [0.29, 0.717) is 17.8 Å². The zero-order valence-electron chi connectivity index (χ0n) is 12.6. The molecule has 1 aromatic heterocycles. The molecule has 5 heteroatoms. The monoisotopic (exact) mass is 309 g/mol. The number of piperidine rings is 1. The maximum atomic E-state index is 13.0. The number of nitriles is 1. The van der Waals surface area contributed by atoms with Gasteiger partial charge in [0.1, 0.15) is 17.6 Å². The fourth-order valence-corrected chi connectivity index (χ4v) is 2.91. The van der Waals surface area contributed by atoms with Gasteiger partial charge in [0.2, 0.25) is 0 Å². The van der Waals surface area contributed by atoms with Crippen molar-refractivity contribution in [1.82, 2.24) is 4.98 Å². The van der Waals surface area contributed by atoms with Crippen molar-refractivity contribution >= 4 is 11.5 Å². The normalized spacial score (nSPS) is 17.6. The molecule has 1 saturated heterocycles. The minimum Gasteiger partial charge on any atom is -0.370 e. The number of nitrogens with zero attached hydrogens (tertiary/aromatic N) is 3. The van der Waals surface area contributed by atoms with Gasteiger partial charge < -0.3 is 4.90 Å². The molecule has 0 bridgehead atoms. The van der Waals surface area contributed by atoms with Crippen LogP contribution in [0.5, 0.6) is 0 Å². The summed E-state index contributed by atoms with van der Waals surface area (Å²) in [6, 6.07) is 11.3. The molecule has 1 atom stereocenters. The van der Waals surface area contributed by atoms with Crippen LogP contribution in [-0.4, -0.2) is 23.9 Å². The Kier molecular flexibility index (Phi) is 4.33. The molecule has 3 rings (SSSR count). The van der Waals surface area contributed by atoms with E-state index in [-0.39, 0.29) is 17.5 Å². The van der Waals surface area contributed by atoms with Crippen molar-refractivity contribution in [1.29, 1.82) is 5.26 Å². The molecule has 0 radical (unpaired) electrons. The van der Waals surface area contributed by atoms with Gasteiger partial charge in [0.25, 0.3) is 0 Å². The number of carbonyl (C=O) groups excluding carboxylic acids is 1. The van der Waals surface area contributed by atoms with Gasteiger partial charge in [-0.05, 0) is 49.2 Å². The highest BCUT2D eigenvalue weighted by atomic mass is 19.1. The van der Waals surface area contributed by atoms with E-state index in [1.807, 2.05) is 12.1 Å². The van der Waals surface area contributed by atoms with E-state index < -0.39 is 0 Å². The van der Waals surface area contributed by atoms with Crippen LogP contribution < -0.4 is 4.90 Å². The van der Waals surface area contributed by atoms with E-state index in [9.17, 15) is 9.18 Å². The van der Waals surface area contributed by atoms with E-state index in [1.165, 1.54) is 12.1 Å². The summed E-state index contributed by atoms with van der Waals surface area (Å²) in [5.74, 6) is -0.392. The molecule has 1 aliphatic rings. The molecule has 0 N–H and O–H groups in total. The molecule has 4 nitrogen and oxygen atoms in total. The average molecular weight is 309 g/mol. The van der Waals surface area contributed by atoms with Crippen LogP contribution in [0.4, 0.5) is 10.1 Å². The van der Waals surface area contributed by atoms with Gasteiger partial charge in [0.05, 0.1) is 11.9 Å². The second-order valence-corrected chi connectivity index (χ2v) is 5.67. The number of anilines is 1. The second kappa shape index (κ2) is 6.57. The van der Waals surface area contributed by atoms with Crippen LogP contribution in [0.1, 0.15) is 28.9 Å². The molecule has 116 valence electrons. The molecule has 23 heavy (non-hydrogen) atoms. The lowest BCUT2D eigenvalue weighted by molar-refractivity contribution is 0.0907. The van der Waals surface area contributed by atoms with Gasteiger partial charge in [-0.2, -0.15) is 5.26 Å². The number of pyridine rings is 1. The van der Waals surface area contributed by atoms with Crippen LogP contribution >= 0.6 is 0 Å². The van der Waals surface area contributed by atoms with Crippen molar-refractivity contribution in [3.8, 4) is 6.07 Å². The van der Waals surface area contributed by atoms with Gasteiger partial charge in [0, 0.05) is 24.6 Å². The molecule has 1 aromatic carbocycles. The van der Waals surface area contributed by atoms with Gasteiger partial charge in [-0.15, -0.1) is 0 Å². The first-order valence-corrected chi connectivity index (χ1v) is 7.58. The molecule has 2 heterocycles. The molecular formula is C18H16FN3O. The largest absolute Gasteiger partial charge is 0.370 e. The molecule has 1 unspecified atom stereocenters. The summed E-state index contributed by atoms with van der Waals surface area (Å²) in [4.78, 5) is 18.8. The summed E-state index contributed by atoms with van der Waals surface area (Å²) < 4.78 is 13.0. The standard InChI is InChI=1S/C18H16FN3O/c19-15-5-3-13(4-6-15)18(23)14-2-1-9-22(12-14)17-8-7-16(10-20)21-11-17/h3-8,11,14H,1-2,9,12H2. The van der Waals surface area contributed by atoms with E-state index in [4.69, 9.17) is 5.26 Å². The Balaban J connectivity index is 1.73. The zero-order valence-corrected chi connectivity index (χ0v) is 12.6. The predicted octanol–water partition coefficient (Wildman–Crippen LogP) is 3.19. The quantitative estimate of drug-likeness (QED) is 0.817. The van der Waals surface area contributed by atoms with Crippen molar-refractivity contribution in [3.63, 3.8) is 0 Å². The van der Waals surface area contributed by atoms with Crippen molar-refractivity contribution in [2.45, 2.75) is 12.8 Å². The van der Waals surface area contributed by atoms with Gasteiger partial charge in [-0.25, -0.2) is 9.37 Å². The van der Waals surface area contributed by atoms with Crippen LogP contribution in [0.2, 0.25) is 0 Å². The second-order valence-electron chi connectivity index (χ2n) is 5.67. The number of benzene rings is 1. The van der Waals surface area contributed by atoms with Crippen molar-refractivity contribution in [3.05, 3.63) is 59.7 Å². The molecule has 0 spiro atoms. The van der Waals surface area contributed by atoms with Crippen molar-refractivity contribution < 1.29 is 9.18 Å². The first-order chi connectivity index (χ1) is 11.2. The Labute approximate surface area is 134 Å². The topological polar surface area (TPSA) is 57.0 Å². The summed E-state index contributed by atoms with van der Waals surface area (Å²) in [7, 11) is 0. The Bertz CT molecular complexity index is 734. The summed E-state index contributed by atoms with van der Waals surface area (Å²) >= 11 is 0. The van der Waals surface area contributed by atoms with Gasteiger partial charge >= 0.3 is 0 Å². The van der Waals surface area contributed by atoms with E-state index >= 15 is 0 Å². The number of rotatable bonds is 3. The summed E-state index contributed by atoms with van der Waals surface area (Å²) in [5, 5.41) is 8.80. The van der Waals surface area contributed by atoms with Crippen molar-refractivity contribution in [2.24, 2.45) is 5.92 Å². The Hall–Kier alpha value is -2.74. The smallest absolute Gasteiger partial charge is 0.167 e. The molecule has 2 aromatic rings. The third-order valence-electron chi connectivity index (χ3n) is 4.15. The predicted molar refractivity (Wildman–Crippen MR) is 84.6 cm³/mol. The first kappa shape index (κ1) is 15.2. The van der Waals surface area contributed by atoms with Crippen molar-refractivity contribution in [2.75, 3.05) is 18.0 Å². The van der Waals surface area contributed by atoms with Crippen LogP contribution in [0, 0.1) is 23.1 Å². The molecule has 0 amide bonds. The Morgan fingerprint density at radius 2 is 2.04 bits per heavy atom. The number of halogens is 1. The molecule has 0 aliphatic carbocycles. The minimum atomic E-state index is -0.338. The van der Waals surface area contributed by atoms with E-state index in [2.05, 4.69) is 9.88 Å². The molecule has 0 saturated carbocycles. The average Bonchev–Trinajstić information content (AvgIpc) is 2.62. The maximum Gasteiger partial charge on any atom is 0.167 e. The number of carbonyl (C=O) groups is 1. The number of Topliss-reactive ketones (excluding diaryl/α,β-unsaturated/α-hetero) is 1. The summed E-state index contributed by atoms with van der Waals surface area (Å²) in [5.41, 5.74) is 1.85. The molecule has 1 fully saturated rings. The third kappa shape index (κ3) is 3.37. The van der Waals surface area contributed by atoms with Crippen LogP contribution in [-0.2, 0) is 0 Å². The Morgan fingerprint density at radius 3 is 2.70 bits per heavy atom. The number of hydrogen-bond donors (Lipinski definition) is 0. The first-order valence-electron chi connectivity index (χ1n) is 7.58. The fraction of sp³-hybridized carbons (Fsp3) is 0.278. The van der Waals surface area contributed by atoms with Crippen LogP contribution in [0.3, 0.4) is 0 Å². The number of aromatic nitrogens is 1. The summed E-state index contributed by atoms with van der Waals surface area (Å²) in [6.45, 7) is 1.48. The SMILES string of the molecule is N#Cc1ccc(N2CCCC(C(=O)c3ccc(F)cc3)C2)cn1. The summed E-state index contributed by atoms with van der Waals surface area (Å²) in [6.07, 6.45) is 3.41. The van der Waals surface area contributed by atoms with Gasteiger partial charge in [-0.3, -0.25) is 4.79 Å². The highest BCUT2D eigenvalue weighted by Crippen LogP contribution is 2.25. The molecular weight excluding hydrogens is 293 g/mol. The Morgan fingerprint density at radius 1 is 1.26 bits per heavy atom. The number of ketones is 1. The highest BCUT2D eigenvalue weighted by Gasteiger charge is 2.26.